The zero-order chi connectivity index (χ0) is 15.8. The van der Waals surface area contributed by atoms with Gasteiger partial charge < -0.3 is 24.9 Å². The van der Waals surface area contributed by atoms with E-state index in [-0.39, 0.29) is 12.5 Å². The summed E-state index contributed by atoms with van der Waals surface area (Å²) in [5.41, 5.74) is 0.915. The quantitative estimate of drug-likeness (QED) is 0.683. The van der Waals surface area contributed by atoms with Gasteiger partial charge in [-0.1, -0.05) is 18.2 Å². The average Bonchev–Trinajstić information content (AvgIpc) is 3.08. The second-order valence-electron chi connectivity index (χ2n) is 4.73. The molecule has 118 valence electrons. The minimum atomic E-state index is -0.700. The summed E-state index contributed by atoms with van der Waals surface area (Å²) >= 11 is 0. The van der Waals surface area contributed by atoms with E-state index < -0.39 is 6.10 Å². The molecule has 3 N–H and O–H groups in total. The highest BCUT2D eigenvalue weighted by Crippen LogP contribution is 2.18. The number of aliphatic hydroxyl groups excluding tert-OH is 1. The standard InChI is InChI=1S/C16H20N2O4/c1-17-16(20)11-22-14-6-3-2-5-12(14)9-18-10-13(19)15-7-4-8-21-15/h2-8,13,18-19H,9-11H2,1H3,(H,17,20). The van der Waals surface area contributed by atoms with Gasteiger partial charge >= 0.3 is 0 Å². The number of carbonyl (C=O) groups is 1. The molecule has 2 rings (SSSR count). The Morgan fingerprint density at radius 3 is 2.86 bits per heavy atom. The lowest BCUT2D eigenvalue weighted by Crippen LogP contribution is -2.25. The van der Waals surface area contributed by atoms with E-state index in [0.29, 0.717) is 24.6 Å². The summed E-state index contributed by atoms with van der Waals surface area (Å²) in [6, 6.07) is 10.9. The Balaban J connectivity index is 1.85. The van der Waals surface area contributed by atoms with Crippen LogP contribution in [-0.4, -0.2) is 31.2 Å². The average molecular weight is 304 g/mol. The predicted molar refractivity (Wildman–Crippen MR) is 81.4 cm³/mol. The molecule has 1 atom stereocenters. The Morgan fingerprint density at radius 2 is 2.14 bits per heavy atom. The molecule has 0 saturated heterocycles. The summed E-state index contributed by atoms with van der Waals surface area (Å²) < 4.78 is 10.6. The summed E-state index contributed by atoms with van der Waals surface area (Å²) in [5.74, 6) is 0.985. The van der Waals surface area contributed by atoms with Crippen LogP contribution in [0.3, 0.4) is 0 Å². The second-order valence-corrected chi connectivity index (χ2v) is 4.73. The summed E-state index contributed by atoms with van der Waals surface area (Å²) in [4.78, 5) is 11.2. The zero-order valence-corrected chi connectivity index (χ0v) is 12.4. The lowest BCUT2D eigenvalue weighted by Gasteiger charge is -2.13. The van der Waals surface area contributed by atoms with Crippen molar-refractivity contribution in [1.29, 1.82) is 0 Å². The number of likely N-dealkylation sites (N-methyl/N-ethyl adjacent to an activating group) is 1. The third kappa shape index (κ3) is 4.61. The van der Waals surface area contributed by atoms with Crippen LogP contribution >= 0.6 is 0 Å². The molecule has 0 aliphatic rings. The molecule has 0 radical (unpaired) electrons. The Hall–Kier alpha value is -2.31. The SMILES string of the molecule is CNC(=O)COc1ccccc1CNCC(O)c1ccco1. The molecule has 22 heavy (non-hydrogen) atoms. The van der Waals surface area contributed by atoms with E-state index in [0.717, 1.165) is 5.56 Å². The Bertz CT molecular complexity index is 584. The predicted octanol–water partition coefficient (Wildman–Crippen LogP) is 1.23. The van der Waals surface area contributed by atoms with Gasteiger partial charge in [-0.3, -0.25) is 4.79 Å². The van der Waals surface area contributed by atoms with Crippen LogP contribution in [0.5, 0.6) is 5.75 Å². The maximum absolute atomic E-state index is 11.2. The molecule has 1 aromatic carbocycles. The maximum atomic E-state index is 11.2. The van der Waals surface area contributed by atoms with E-state index in [9.17, 15) is 9.90 Å². The summed E-state index contributed by atoms with van der Waals surface area (Å²) in [6.45, 7) is 0.849. The fraction of sp³-hybridized carbons (Fsp3) is 0.312. The van der Waals surface area contributed by atoms with Crippen LogP contribution in [0.2, 0.25) is 0 Å². The highest BCUT2D eigenvalue weighted by atomic mass is 16.5. The van der Waals surface area contributed by atoms with Crippen molar-refractivity contribution in [2.75, 3.05) is 20.2 Å². The largest absolute Gasteiger partial charge is 0.483 e. The molecule has 0 spiro atoms. The van der Waals surface area contributed by atoms with Crippen molar-refractivity contribution < 1.29 is 19.1 Å². The Morgan fingerprint density at radius 1 is 1.32 bits per heavy atom. The van der Waals surface area contributed by atoms with Crippen molar-refractivity contribution >= 4 is 5.91 Å². The fourth-order valence-electron chi connectivity index (χ4n) is 1.93. The number of furan rings is 1. The smallest absolute Gasteiger partial charge is 0.257 e. The van der Waals surface area contributed by atoms with E-state index in [1.807, 2.05) is 24.3 Å². The number of benzene rings is 1. The van der Waals surface area contributed by atoms with Gasteiger partial charge in [0.1, 0.15) is 17.6 Å². The molecular weight excluding hydrogens is 284 g/mol. The van der Waals surface area contributed by atoms with Gasteiger partial charge in [0, 0.05) is 25.7 Å². The number of para-hydroxylation sites is 1. The molecule has 0 aliphatic heterocycles. The lowest BCUT2D eigenvalue weighted by molar-refractivity contribution is -0.122. The normalized spacial score (nSPS) is 11.9. The third-order valence-corrected chi connectivity index (χ3v) is 3.13. The van der Waals surface area contributed by atoms with Gasteiger partial charge in [-0.15, -0.1) is 0 Å². The molecule has 1 unspecified atom stereocenters. The Labute approximate surface area is 129 Å². The summed E-state index contributed by atoms with van der Waals surface area (Å²) in [5, 5.41) is 15.6. The first kappa shape index (κ1) is 16.1. The van der Waals surface area contributed by atoms with Gasteiger partial charge in [0.25, 0.3) is 5.91 Å². The highest BCUT2D eigenvalue weighted by molar-refractivity contribution is 5.77. The van der Waals surface area contributed by atoms with Gasteiger partial charge in [0.15, 0.2) is 6.61 Å². The zero-order valence-electron chi connectivity index (χ0n) is 12.4. The number of nitrogens with one attached hydrogen (secondary N) is 2. The number of ether oxygens (including phenoxy) is 1. The Kier molecular flexibility index (Phi) is 6.00. The van der Waals surface area contributed by atoms with Crippen LogP contribution < -0.4 is 15.4 Å². The highest BCUT2D eigenvalue weighted by Gasteiger charge is 2.10. The molecule has 6 heteroatoms. The fourth-order valence-corrected chi connectivity index (χ4v) is 1.93. The third-order valence-electron chi connectivity index (χ3n) is 3.13. The number of aliphatic hydroxyl groups is 1. The second kappa shape index (κ2) is 8.21. The number of carbonyl (C=O) groups excluding carboxylic acids is 1. The van der Waals surface area contributed by atoms with E-state index >= 15 is 0 Å². The van der Waals surface area contributed by atoms with Crippen molar-refractivity contribution in [2.45, 2.75) is 12.6 Å². The van der Waals surface area contributed by atoms with Crippen molar-refractivity contribution in [3.63, 3.8) is 0 Å². The first-order valence-electron chi connectivity index (χ1n) is 7.04. The molecule has 1 aromatic heterocycles. The minimum absolute atomic E-state index is 0.0253. The number of hydrogen-bond acceptors (Lipinski definition) is 5. The molecular formula is C16H20N2O4. The number of rotatable bonds is 8. The van der Waals surface area contributed by atoms with Gasteiger partial charge in [-0.25, -0.2) is 0 Å². The van der Waals surface area contributed by atoms with Gasteiger partial charge in [0.05, 0.1) is 6.26 Å². The number of amides is 1. The first-order chi connectivity index (χ1) is 10.7. The van der Waals surface area contributed by atoms with Crippen LogP contribution in [0.25, 0.3) is 0 Å². The van der Waals surface area contributed by atoms with Crippen molar-refractivity contribution in [3.8, 4) is 5.75 Å². The number of hydrogen-bond donors (Lipinski definition) is 3. The maximum Gasteiger partial charge on any atom is 0.257 e. The summed E-state index contributed by atoms with van der Waals surface area (Å²) in [6.07, 6.45) is 0.828. The van der Waals surface area contributed by atoms with Crippen LogP contribution in [0, 0.1) is 0 Å². The van der Waals surface area contributed by atoms with Gasteiger partial charge in [-0.05, 0) is 18.2 Å². The van der Waals surface area contributed by atoms with E-state index in [1.54, 1.807) is 19.2 Å². The van der Waals surface area contributed by atoms with Crippen LogP contribution in [0.4, 0.5) is 0 Å². The van der Waals surface area contributed by atoms with Gasteiger partial charge in [-0.2, -0.15) is 0 Å². The topological polar surface area (TPSA) is 83.7 Å². The molecule has 0 saturated carbocycles. The minimum Gasteiger partial charge on any atom is -0.483 e. The van der Waals surface area contributed by atoms with Crippen LogP contribution in [0.1, 0.15) is 17.4 Å². The molecule has 1 amide bonds. The molecule has 6 nitrogen and oxygen atoms in total. The van der Waals surface area contributed by atoms with E-state index in [4.69, 9.17) is 9.15 Å². The molecule has 1 heterocycles. The lowest BCUT2D eigenvalue weighted by atomic mass is 10.2. The molecule has 0 fully saturated rings. The van der Waals surface area contributed by atoms with E-state index in [1.165, 1.54) is 6.26 Å². The summed E-state index contributed by atoms with van der Waals surface area (Å²) in [7, 11) is 1.56. The molecule has 0 aliphatic carbocycles. The molecule has 0 bridgehead atoms. The van der Waals surface area contributed by atoms with Crippen LogP contribution in [-0.2, 0) is 11.3 Å². The van der Waals surface area contributed by atoms with Crippen molar-refractivity contribution in [2.24, 2.45) is 0 Å². The van der Waals surface area contributed by atoms with Crippen molar-refractivity contribution in [1.82, 2.24) is 10.6 Å². The van der Waals surface area contributed by atoms with Crippen molar-refractivity contribution in [3.05, 3.63) is 54.0 Å². The van der Waals surface area contributed by atoms with Gasteiger partial charge in [0.2, 0.25) is 0 Å². The van der Waals surface area contributed by atoms with E-state index in [2.05, 4.69) is 10.6 Å². The molecule has 2 aromatic rings. The first-order valence-corrected chi connectivity index (χ1v) is 7.04. The monoisotopic (exact) mass is 304 g/mol. The van der Waals surface area contributed by atoms with Crippen LogP contribution in [0.15, 0.2) is 47.1 Å².